The van der Waals surface area contributed by atoms with Gasteiger partial charge in [-0.05, 0) is 30.7 Å². The van der Waals surface area contributed by atoms with E-state index in [-0.39, 0.29) is 15.6 Å². The normalized spacial score (nSPS) is 11.3. The van der Waals surface area contributed by atoms with Gasteiger partial charge in [0.15, 0.2) is 0 Å². The van der Waals surface area contributed by atoms with Gasteiger partial charge in [-0.25, -0.2) is 12.8 Å². The minimum absolute atomic E-state index is 0.224. The summed E-state index contributed by atoms with van der Waals surface area (Å²) >= 11 is 5.78. The number of anilines is 2. The van der Waals surface area contributed by atoms with Crippen LogP contribution in [0.3, 0.4) is 0 Å². The predicted octanol–water partition coefficient (Wildman–Crippen LogP) is 3.17. The van der Waals surface area contributed by atoms with Crippen molar-refractivity contribution in [1.82, 2.24) is 0 Å². The van der Waals surface area contributed by atoms with E-state index < -0.39 is 15.8 Å². The smallest absolute Gasteiger partial charge is 0.263 e. The van der Waals surface area contributed by atoms with Crippen LogP contribution in [0.5, 0.6) is 0 Å². The fraction of sp³-hybridized carbons (Fsp3) is 0.0769. The molecule has 2 rings (SSSR count). The highest BCUT2D eigenvalue weighted by Crippen LogP contribution is 2.28. The monoisotopic (exact) mass is 314 g/mol. The van der Waals surface area contributed by atoms with Crippen LogP contribution < -0.4 is 10.5 Å². The average molecular weight is 315 g/mol. The highest BCUT2D eigenvalue weighted by atomic mass is 35.5. The lowest BCUT2D eigenvalue weighted by molar-refractivity contribution is 0.600. The first-order valence-electron chi connectivity index (χ1n) is 5.64. The van der Waals surface area contributed by atoms with Gasteiger partial charge in [0.05, 0.1) is 16.4 Å². The zero-order valence-corrected chi connectivity index (χ0v) is 12.1. The maximum absolute atomic E-state index is 13.2. The van der Waals surface area contributed by atoms with E-state index in [0.717, 1.165) is 17.7 Å². The SMILES string of the molecule is Cc1ccccc1NS(=O)(=O)c1cc(N)c(F)cc1Cl. The number of aryl methyl sites for hydroxylation is 1. The number of benzene rings is 2. The van der Waals surface area contributed by atoms with Crippen LogP contribution in [-0.2, 0) is 10.0 Å². The first-order chi connectivity index (χ1) is 9.31. The molecule has 0 aliphatic rings. The Morgan fingerprint density at radius 1 is 1.25 bits per heavy atom. The molecule has 3 N–H and O–H groups in total. The number of hydrogen-bond donors (Lipinski definition) is 2. The summed E-state index contributed by atoms with van der Waals surface area (Å²) in [6.45, 7) is 1.76. The summed E-state index contributed by atoms with van der Waals surface area (Å²) in [7, 11) is -3.93. The number of halogens is 2. The summed E-state index contributed by atoms with van der Waals surface area (Å²) in [4.78, 5) is -0.263. The Morgan fingerprint density at radius 3 is 2.55 bits per heavy atom. The maximum Gasteiger partial charge on any atom is 0.263 e. The molecule has 0 bridgehead atoms. The van der Waals surface area contributed by atoms with Gasteiger partial charge in [-0.1, -0.05) is 29.8 Å². The quantitative estimate of drug-likeness (QED) is 0.855. The molecule has 2 aromatic rings. The number of sulfonamides is 1. The molecule has 0 radical (unpaired) electrons. The molecular formula is C13H12ClFN2O2S. The van der Waals surface area contributed by atoms with Crippen LogP contribution in [0.15, 0.2) is 41.3 Å². The van der Waals surface area contributed by atoms with E-state index in [9.17, 15) is 12.8 Å². The van der Waals surface area contributed by atoms with E-state index in [2.05, 4.69) is 4.72 Å². The van der Waals surface area contributed by atoms with Crippen molar-refractivity contribution in [3.63, 3.8) is 0 Å². The molecule has 0 saturated carbocycles. The van der Waals surface area contributed by atoms with Crippen LogP contribution in [0.25, 0.3) is 0 Å². The molecule has 0 aromatic heterocycles. The molecule has 0 atom stereocenters. The van der Waals surface area contributed by atoms with Crippen LogP contribution in [0, 0.1) is 12.7 Å². The van der Waals surface area contributed by atoms with Gasteiger partial charge in [0.2, 0.25) is 0 Å². The Kier molecular flexibility index (Phi) is 3.87. The van der Waals surface area contributed by atoms with E-state index in [1.807, 2.05) is 0 Å². The van der Waals surface area contributed by atoms with E-state index in [1.165, 1.54) is 0 Å². The molecule has 0 spiro atoms. The van der Waals surface area contributed by atoms with Gasteiger partial charge in [-0.15, -0.1) is 0 Å². The molecule has 0 amide bonds. The van der Waals surface area contributed by atoms with Gasteiger partial charge in [0.25, 0.3) is 10.0 Å². The van der Waals surface area contributed by atoms with Crippen molar-refractivity contribution in [1.29, 1.82) is 0 Å². The lowest BCUT2D eigenvalue weighted by Gasteiger charge is -2.12. The molecule has 2 aromatic carbocycles. The lowest BCUT2D eigenvalue weighted by atomic mass is 10.2. The molecule has 4 nitrogen and oxygen atoms in total. The summed E-state index contributed by atoms with van der Waals surface area (Å²) in [5.74, 6) is -0.759. The van der Waals surface area contributed by atoms with Crippen molar-refractivity contribution in [3.8, 4) is 0 Å². The van der Waals surface area contributed by atoms with Gasteiger partial charge in [-0.3, -0.25) is 4.72 Å². The molecule has 7 heteroatoms. The lowest BCUT2D eigenvalue weighted by Crippen LogP contribution is -2.15. The molecule has 0 heterocycles. The molecule has 0 aliphatic carbocycles. The van der Waals surface area contributed by atoms with Crippen molar-refractivity contribution >= 4 is 33.0 Å². The third kappa shape index (κ3) is 2.86. The topological polar surface area (TPSA) is 72.2 Å². The first-order valence-corrected chi connectivity index (χ1v) is 7.50. The number of hydrogen-bond acceptors (Lipinski definition) is 3. The number of nitrogen functional groups attached to an aromatic ring is 1. The number of rotatable bonds is 3. The van der Waals surface area contributed by atoms with E-state index in [0.29, 0.717) is 5.69 Å². The third-order valence-corrected chi connectivity index (χ3v) is 4.56. The van der Waals surface area contributed by atoms with Crippen molar-refractivity contribution in [2.24, 2.45) is 0 Å². The van der Waals surface area contributed by atoms with Crippen molar-refractivity contribution in [2.45, 2.75) is 11.8 Å². The van der Waals surface area contributed by atoms with Gasteiger partial charge in [-0.2, -0.15) is 0 Å². The van der Waals surface area contributed by atoms with Crippen LogP contribution in [0.2, 0.25) is 5.02 Å². The second-order valence-electron chi connectivity index (χ2n) is 4.22. The van der Waals surface area contributed by atoms with Gasteiger partial charge < -0.3 is 5.73 Å². The number of para-hydroxylation sites is 1. The standard InChI is InChI=1S/C13H12ClFN2O2S/c1-8-4-2-3-5-12(8)17-20(18,19)13-7-11(16)10(15)6-9(13)14/h2-7,17H,16H2,1H3. The molecule has 0 aliphatic heterocycles. The average Bonchev–Trinajstić information content (AvgIpc) is 2.36. The van der Waals surface area contributed by atoms with Gasteiger partial charge >= 0.3 is 0 Å². The zero-order chi connectivity index (χ0) is 14.9. The van der Waals surface area contributed by atoms with E-state index >= 15 is 0 Å². The van der Waals surface area contributed by atoms with Crippen LogP contribution >= 0.6 is 11.6 Å². The molecule has 106 valence electrons. The second-order valence-corrected chi connectivity index (χ2v) is 6.28. The summed E-state index contributed by atoms with van der Waals surface area (Å²) < 4.78 is 40.1. The molecule has 20 heavy (non-hydrogen) atoms. The zero-order valence-electron chi connectivity index (χ0n) is 10.5. The number of nitrogens with two attached hydrogens (primary N) is 1. The van der Waals surface area contributed by atoms with E-state index in [4.69, 9.17) is 17.3 Å². The molecule has 0 saturated heterocycles. The molecule has 0 unspecified atom stereocenters. The van der Waals surface area contributed by atoms with Gasteiger partial charge in [0, 0.05) is 0 Å². The third-order valence-electron chi connectivity index (χ3n) is 2.73. The first kappa shape index (κ1) is 14.6. The largest absolute Gasteiger partial charge is 0.396 e. The Bertz CT molecular complexity index is 763. The van der Waals surface area contributed by atoms with Crippen molar-refractivity contribution in [2.75, 3.05) is 10.5 Å². The summed E-state index contributed by atoms with van der Waals surface area (Å²) in [6, 6.07) is 8.75. The fourth-order valence-corrected chi connectivity index (χ4v) is 3.32. The predicted molar refractivity (Wildman–Crippen MR) is 77.8 cm³/mol. The van der Waals surface area contributed by atoms with Crippen LogP contribution in [0.4, 0.5) is 15.8 Å². The van der Waals surface area contributed by atoms with Crippen molar-refractivity contribution < 1.29 is 12.8 Å². The van der Waals surface area contributed by atoms with Gasteiger partial charge in [0.1, 0.15) is 10.7 Å². The van der Waals surface area contributed by atoms with Crippen LogP contribution in [-0.4, -0.2) is 8.42 Å². The Morgan fingerprint density at radius 2 is 1.90 bits per heavy atom. The second kappa shape index (κ2) is 5.30. The Balaban J connectivity index is 2.47. The number of nitrogens with one attached hydrogen (secondary N) is 1. The summed E-state index contributed by atoms with van der Waals surface area (Å²) in [5.41, 5.74) is 6.28. The minimum Gasteiger partial charge on any atom is -0.396 e. The van der Waals surface area contributed by atoms with Crippen molar-refractivity contribution in [3.05, 3.63) is 52.8 Å². The highest BCUT2D eigenvalue weighted by Gasteiger charge is 2.20. The maximum atomic E-state index is 13.2. The summed E-state index contributed by atoms with van der Waals surface area (Å²) in [5, 5.41) is -0.224. The van der Waals surface area contributed by atoms with Crippen LogP contribution in [0.1, 0.15) is 5.56 Å². The highest BCUT2D eigenvalue weighted by molar-refractivity contribution is 7.92. The minimum atomic E-state index is -3.93. The summed E-state index contributed by atoms with van der Waals surface area (Å²) in [6.07, 6.45) is 0. The Hall–Kier alpha value is -1.79. The fourth-order valence-electron chi connectivity index (χ4n) is 1.64. The van der Waals surface area contributed by atoms with E-state index in [1.54, 1.807) is 31.2 Å². The molecule has 0 fully saturated rings. The Labute approximate surface area is 121 Å². The molecular weight excluding hydrogens is 303 g/mol.